The van der Waals surface area contributed by atoms with Crippen molar-refractivity contribution in [2.24, 2.45) is 0 Å². The molecule has 11 rings (SSSR count). The van der Waals surface area contributed by atoms with Crippen LogP contribution in [0.4, 0.5) is 0 Å². The van der Waals surface area contributed by atoms with Crippen LogP contribution in [0.15, 0.2) is 48.5 Å². The van der Waals surface area contributed by atoms with Crippen LogP contribution in [0, 0.1) is 0 Å². The number of rotatable bonds is 22. The van der Waals surface area contributed by atoms with Gasteiger partial charge in [-0.3, -0.25) is 58.0 Å². The van der Waals surface area contributed by atoms with Crippen molar-refractivity contribution < 1.29 is 38.4 Å². The fourth-order valence-electron chi connectivity index (χ4n) is 11.8. The largest absolute Gasteiger partial charge is 0.353 e. The number of nitrogens with one attached hydrogen (secondary N) is 1. The van der Waals surface area contributed by atoms with Crippen molar-refractivity contribution in [1.82, 2.24) is 24.6 Å². The van der Waals surface area contributed by atoms with Crippen LogP contribution in [0.1, 0.15) is 213 Å². The zero-order chi connectivity index (χ0) is 52.4. The lowest BCUT2D eigenvalue weighted by atomic mass is 9.83. The molecule has 7 heterocycles. The van der Waals surface area contributed by atoms with Gasteiger partial charge in [-0.2, -0.15) is 0 Å². The summed E-state index contributed by atoms with van der Waals surface area (Å²) in [6, 6.07) is 14.0. The number of amides is 8. The van der Waals surface area contributed by atoms with Gasteiger partial charge in [0.05, 0.1) is 31.6 Å². The van der Waals surface area contributed by atoms with E-state index < -0.39 is 47.3 Å². The van der Waals surface area contributed by atoms with Gasteiger partial charge in [0.2, 0.25) is 0 Å². The van der Waals surface area contributed by atoms with Crippen molar-refractivity contribution in [3.8, 4) is 20.9 Å². The summed E-state index contributed by atoms with van der Waals surface area (Å²) in [6.07, 6.45) is 13.9. The Morgan fingerprint density at radius 1 is 0.333 bits per heavy atom. The molecule has 0 saturated carbocycles. The molecule has 7 aromatic rings. The molecule has 0 fully saturated rings. The van der Waals surface area contributed by atoms with E-state index in [-0.39, 0.29) is 37.3 Å². The Labute approximate surface area is 443 Å². The van der Waals surface area contributed by atoms with E-state index in [1.807, 2.05) is 12.1 Å². The molecular weight excluding hydrogens is 983 g/mol. The molecule has 386 valence electrons. The molecule has 1 N–H and O–H groups in total. The van der Waals surface area contributed by atoms with Crippen LogP contribution in [-0.4, -0.2) is 98.0 Å². The lowest BCUT2D eigenvalue weighted by molar-refractivity contribution is 0.0586. The summed E-state index contributed by atoms with van der Waals surface area (Å²) in [7, 11) is 0. The number of nitrogens with zero attached hydrogens (tertiary/aromatic N) is 4. The average molecular weight is 1040 g/mol. The molecule has 0 bridgehead atoms. The predicted molar refractivity (Wildman–Crippen MR) is 295 cm³/mol. The molecule has 0 unspecified atom stereocenters. The highest BCUT2D eigenvalue weighted by Gasteiger charge is 2.44. The van der Waals surface area contributed by atoms with Crippen molar-refractivity contribution in [2.45, 2.75) is 130 Å². The summed E-state index contributed by atoms with van der Waals surface area (Å²) in [6.45, 7) is 9.40. The summed E-state index contributed by atoms with van der Waals surface area (Å²) >= 11 is 2.88. The Morgan fingerprint density at radius 3 is 0.947 bits per heavy atom. The van der Waals surface area contributed by atoms with Crippen LogP contribution in [-0.2, 0) is 0 Å². The van der Waals surface area contributed by atoms with Gasteiger partial charge in [0.1, 0.15) is 0 Å². The summed E-state index contributed by atoms with van der Waals surface area (Å²) in [4.78, 5) is 126. The third-order valence-electron chi connectivity index (χ3n) is 15.7. The number of carbonyl (C=O) groups is 8. The lowest BCUT2D eigenvalue weighted by Gasteiger charge is -2.33. The minimum atomic E-state index is -0.458. The van der Waals surface area contributed by atoms with Gasteiger partial charge in [0.25, 0.3) is 47.3 Å². The van der Waals surface area contributed by atoms with Crippen LogP contribution in [0.3, 0.4) is 0 Å². The van der Waals surface area contributed by atoms with Crippen LogP contribution < -0.4 is 0 Å². The second kappa shape index (κ2) is 20.4. The molecule has 13 nitrogen and oxygen atoms in total. The van der Waals surface area contributed by atoms with E-state index in [1.165, 1.54) is 42.3 Å². The maximum absolute atomic E-state index is 14.9. The zero-order valence-corrected chi connectivity index (χ0v) is 44.8. The monoisotopic (exact) mass is 1040 g/mol. The van der Waals surface area contributed by atoms with Gasteiger partial charge in [-0.25, -0.2) is 0 Å². The first-order valence-corrected chi connectivity index (χ1v) is 28.8. The first-order chi connectivity index (χ1) is 36.4. The van der Waals surface area contributed by atoms with Crippen molar-refractivity contribution in [3.63, 3.8) is 0 Å². The number of carbonyl (C=O) groups excluding carboxylic acids is 8. The van der Waals surface area contributed by atoms with E-state index in [1.54, 1.807) is 36.4 Å². The van der Waals surface area contributed by atoms with Gasteiger partial charge in [-0.1, -0.05) is 105 Å². The Kier molecular flexibility index (Phi) is 13.7. The van der Waals surface area contributed by atoms with Gasteiger partial charge in [-0.15, -0.1) is 22.7 Å². The number of benzene rings is 4. The minimum Gasteiger partial charge on any atom is -0.353 e. The molecule has 4 aliphatic heterocycles. The topological polar surface area (TPSA) is 165 Å². The second-order valence-corrected chi connectivity index (χ2v) is 22.7. The normalized spacial score (nSPS) is 15.3. The number of H-pyrrole nitrogens is 1. The van der Waals surface area contributed by atoms with Gasteiger partial charge in [0, 0.05) is 102 Å². The molecule has 4 aromatic carbocycles. The SMILES string of the molecule is CCCCCCN1C(=O)c2ccc3c4c(c(-c5cc6[nH]c7cc(-c8cc9c%10c(ccc%11c%10c8C(=O)N(CCCCCC)C%11=O)C(=O)N(CCCCCC)C9=O)sc7c6s5)cc(c24)C1=O)C(=O)N(CCCCCC)C3=O. The molecular formula is C60H61N5O8S2. The molecule has 3 aromatic heterocycles. The Morgan fingerprint density at radius 2 is 0.627 bits per heavy atom. The summed E-state index contributed by atoms with van der Waals surface area (Å²) in [5, 5.41) is 1.36. The number of hydrogen-bond acceptors (Lipinski definition) is 10. The van der Waals surface area contributed by atoms with Crippen LogP contribution >= 0.6 is 22.7 Å². The van der Waals surface area contributed by atoms with E-state index in [2.05, 4.69) is 32.7 Å². The van der Waals surface area contributed by atoms with Crippen LogP contribution in [0.25, 0.3) is 62.9 Å². The van der Waals surface area contributed by atoms with Gasteiger partial charge in [0.15, 0.2) is 0 Å². The smallest absolute Gasteiger partial charge is 0.262 e. The number of aromatic nitrogens is 1. The fraction of sp³-hybridized carbons (Fsp3) is 0.400. The number of hydrogen-bond donors (Lipinski definition) is 1. The number of imide groups is 4. The van der Waals surface area contributed by atoms with Gasteiger partial charge >= 0.3 is 0 Å². The number of thiophene rings is 2. The van der Waals surface area contributed by atoms with E-state index in [0.29, 0.717) is 101 Å². The van der Waals surface area contributed by atoms with Crippen molar-refractivity contribution in [3.05, 3.63) is 93.0 Å². The quantitative estimate of drug-likeness (QED) is 0.0517. The van der Waals surface area contributed by atoms with E-state index >= 15 is 0 Å². The highest BCUT2D eigenvalue weighted by molar-refractivity contribution is 7.30. The number of aromatic amines is 1. The Balaban J connectivity index is 1.06. The molecule has 0 radical (unpaired) electrons. The third kappa shape index (κ3) is 8.14. The van der Waals surface area contributed by atoms with E-state index in [0.717, 1.165) is 97.5 Å². The van der Waals surface area contributed by atoms with Crippen molar-refractivity contribution in [1.29, 1.82) is 0 Å². The van der Waals surface area contributed by atoms with Crippen LogP contribution in [0.2, 0.25) is 0 Å². The summed E-state index contributed by atoms with van der Waals surface area (Å²) in [5.74, 6) is -3.54. The molecule has 0 atom stereocenters. The Hall–Kier alpha value is -6.84. The second-order valence-electron chi connectivity index (χ2n) is 20.6. The molecule has 75 heavy (non-hydrogen) atoms. The highest BCUT2D eigenvalue weighted by atomic mass is 32.1. The van der Waals surface area contributed by atoms with Crippen molar-refractivity contribution >= 4 is 112 Å². The van der Waals surface area contributed by atoms with Crippen LogP contribution in [0.5, 0.6) is 0 Å². The fourth-order valence-corrected chi connectivity index (χ4v) is 14.3. The lowest BCUT2D eigenvalue weighted by Crippen LogP contribution is -2.44. The van der Waals surface area contributed by atoms with E-state index in [4.69, 9.17) is 0 Å². The third-order valence-corrected chi connectivity index (χ3v) is 18.2. The molecule has 15 heteroatoms. The first-order valence-electron chi connectivity index (χ1n) is 27.2. The Bertz CT molecular complexity index is 3380. The average Bonchev–Trinajstić information content (AvgIpc) is 4.14. The number of fused-ring (bicyclic) bond motifs is 3. The van der Waals surface area contributed by atoms with Gasteiger partial charge < -0.3 is 4.98 Å². The maximum atomic E-state index is 14.9. The standard InChI is InChI=1S/C60H61N5O8S2/c1-5-9-13-17-25-62-53(66)33-21-23-35-47-45(33)39(57(62)70)29-37(49(47)59(72)64(55(35)68)27-19-15-11-7-3)43-31-41-51(74-43)52-42(61-41)32-44(75-52)38-30-40-46-34(54(67)63(58(40)71)26-18-14-10-6-2)22-24-36-48(46)50(38)60(73)65(56(36)69)28-20-16-12-8-4/h21-24,29-32,61H,5-20,25-28H2,1-4H3. The maximum Gasteiger partial charge on any atom is 0.262 e. The van der Waals surface area contributed by atoms with E-state index in [9.17, 15) is 38.4 Å². The highest BCUT2D eigenvalue weighted by Crippen LogP contribution is 2.50. The predicted octanol–water partition coefficient (Wildman–Crippen LogP) is 13.8. The summed E-state index contributed by atoms with van der Waals surface area (Å²) in [5.41, 5.74) is 4.89. The first kappa shape index (κ1) is 50.3. The molecule has 8 amide bonds. The van der Waals surface area contributed by atoms with Gasteiger partial charge in [-0.05, 0) is 74.2 Å². The molecule has 0 saturated heterocycles. The molecule has 4 aliphatic rings. The van der Waals surface area contributed by atoms with Crippen molar-refractivity contribution in [2.75, 3.05) is 26.2 Å². The summed E-state index contributed by atoms with van der Waals surface area (Å²) < 4.78 is 1.72. The zero-order valence-electron chi connectivity index (χ0n) is 43.1. The molecule has 0 spiro atoms. The number of unbranched alkanes of at least 4 members (excludes halogenated alkanes) is 12. The minimum absolute atomic E-state index is 0.238. The molecule has 0 aliphatic carbocycles.